The zero-order valence-corrected chi connectivity index (χ0v) is 14.1. The van der Waals surface area contributed by atoms with Crippen LogP contribution in [-0.4, -0.2) is 25.3 Å². The van der Waals surface area contributed by atoms with E-state index in [1.807, 2.05) is 7.11 Å². The molecule has 118 valence electrons. The van der Waals surface area contributed by atoms with Gasteiger partial charge in [-0.3, -0.25) is 0 Å². The molecule has 1 N–H and O–H groups in total. The van der Waals surface area contributed by atoms with Gasteiger partial charge in [-0.1, -0.05) is 46.5 Å². The lowest BCUT2D eigenvalue weighted by atomic mass is 9.66. The molecule has 2 rings (SSSR count). The van der Waals surface area contributed by atoms with Crippen LogP contribution in [0.1, 0.15) is 72.1 Å². The molecule has 2 heteroatoms. The highest BCUT2D eigenvalue weighted by molar-refractivity contribution is 5.00. The van der Waals surface area contributed by atoms with Crippen molar-refractivity contribution in [1.82, 2.24) is 5.32 Å². The van der Waals surface area contributed by atoms with Crippen LogP contribution in [0.2, 0.25) is 0 Å². The molecule has 0 amide bonds. The van der Waals surface area contributed by atoms with Crippen molar-refractivity contribution in [3.63, 3.8) is 0 Å². The van der Waals surface area contributed by atoms with Gasteiger partial charge in [-0.15, -0.1) is 0 Å². The van der Waals surface area contributed by atoms with Crippen LogP contribution in [-0.2, 0) is 4.74 Å². The summed E-state index contributed by atoms with van der Waals surface area (Å²) in [4.78, 5) is 0. The summed E-state index contributed by atoms with van der Waals surface area (Å²) in [6.07, 6.45) is 10.7. The Balaban J connectivity index is 2.12. The summed E-state index contributed by atoms with van der Waals surface area (Å²) in [7, 11) is 1.95. The predicted molar refractivity (Wildman–Crippen MR) is 86.0 cm³/mol. The second kappa shape index (κ2) is 7.26. The highest BCUT2D eigenvalue weighted by atomic mass is 16.5. The molecule has 0 spiro atoms. The van der Waals surface area contributed by atoms with Gasteiger partial charge in [0.1, 0.15) is 0 Å². The standard InChI is InChI=1S/C18H35NO/c1-5-19-17(16-10-9-14(2)15(3)13-16)18(20-4)11-7-6-8-12-18/h14-17,19H,5-13H2,1-4H3. The van der Waals surface area contributed by atoms with Crippen molar-refractivity contribution in [3.05, 3.63) is 0 Å². The molecule has 2 saturated carbocycles. The SMILES string of the molecule is CCNC(C1CCC(C)C(C)C1)C1(OC)CCCCC1. The van der Waals surface area contributed by atoms with Gasteiger partial charge < -0.3 is 10.1 Å². The Morgan fingerprint density at radius 1 is 1.10 bits per heavy atom. The average molecular weight is 281 g/mol. The third kappa shape index (κ3) is 3.39. The van der Waals surface area contributed by atoms with Crippen molar-refractivity contribution in [1.29, 1.82) is 0 Å². The van der Waals surface area contributed by atoms with Crippen LogP contribution in [0.15, 0.2) is 0 Å². The van der Waals surface area contributed by atoms with Crippen LogP contribution in [0.25, 0.3) is 0 Å². The molecule has 0 aromatic rings. The number of hydrogen-bond acceptors (Lipinski definition) is 2. The van der Waals surface area contributed by atoms with E-state index in [0.717, 1.165) is 24.3 Å². The molecular weight excluding hydrogens is 246 g/mol. The molecule has 2 aliphatic rings. The summed E-state index contributed by atoms with van der Waals surface area (Å²) in [5, 5.41) is 3.82. The minimum Gasteiger partial charge on any atom is -0.377 e. The molecule has 2 aliphatic carbocycles. The van der Waals surface area contributed by atoms with Crippen LogP contribution in [0.5, 0.6) is 0 Å². The third-order valence-corrected chi connectivity index (χ3v) is 6.21. The Bertz CT molecular complexity index is 285. The molecule has 2 nitrogen and oxygen atoms in total. The summed E-state index contributed by atoms with van der Waals surface area (Å²) in [6, 6.07) is 0.563. The van der Waals surface area contributed by atoms with E-state index in [4.69, 9.17) is 4.74 Å². The largest absolute Gasteiger partial charge is 0.377 e. The molecule has 0 aliphatic heterocycles. The lowest BCUT2D eigenvalue weighted by Crippen LogP contribution is -2.57. The summed E-state index contributed by atoms with van der Waals surface area (Å²) in [6.45, 7) is 8.18. The molecule has 0 aromatic carbocycles. The van der Waals surface area contributed by atoms with Crippen LogP contribution in [0.3, 0.4) is 0 Å². The van der Waals surface area contributed by atoms with Gasteiger partial charge in [-0.2, -0.15) is 0 Å². The lowest BCUT2D eigenvalue weighted by Gasteiger charge is -2.48. The minimum absolute atomic E-state index is 0.110. The molecule has 20 heavy (non-hydrogen) atoms. The third-order valence-electron chi connectivity index (χ3n) is 6.21. The van der Waals surface area contributed by atoms with Crippen molar-refractivity contribution in [2.75, 3.05) is 13.7 Å². The molecule has 0 heterocycles. The quantitative estimate of drug-likeness (QED) is 0.807. The van der Waals surface area contributed by atoms with Gasteiger partial charge in [0.05, 0.1) is 5.60 Å². The van der Waals surface area contributed by atoms with E-state index in [0.29, 0.717) is 6.04 Å². The Morgan fingerprint density at radius 2 is 1.80 bits per heavy atom. The smallest absolute Gasteiger partial charge is 0.0833 e. The fraction of sp³-hybridized carbons (Fsp3) is 1.00. The molecule has 0 saturated heterocycles. The molecule has 0 aromatic heterocycles. The second-order valence-corrected chi connectivity index (χ2v) is 7.39. The Labute approximate surface area is 126 Å². The molecule has 4 unspecified atom stereocenters. The van der Waals surface area contributed by atoms with E-state index >= 15 is 0 Å². The Hall–Kier alpha value is -0.0800. The van der Waals surface area contributed by atoms with Gasteiger partial charge in [-0.05, 0) is 50.0 Å². The first-order valence-corrected chi connectivity index (χ1v) is 8.91. The monoisotopic (exact) mass is 281 g/mol. The van der Waals surface area contributed by atoms with Gasteiger partial charge in [0.25, 0.3) is 0 Å². The van der Waals surface area contributed by atoms with Gasteiger partial charge in [-0.25, -0.2) is 0 Å². The minimum atomic E-state index is 0.110. The summed E-state index contributed by atoms with van der Waals surface area (Å²) in [5.41, 5.74) is 0.110. The van der Waals surface area contributed by atoms with Gasteiger partial charge in [0, 0.05) is 13.2 Å². The van der Waals surface area contributed by atoms with Gasteiger partial charge >= 0.3 is 0 Å². The van der Waals surface area contributed by atoms with Crippen molar-refractivity contribution in [3.8, 4) is 0 Å². The molecular formula is C18H35NO. The van der Waals surface area contributed by atoms with Crippen molar-refractivity contribution >= 4 is 0 Å². The first-order valence-electron chi connectivity index (χ1n) is 8.91. The number of methoxy groups -OCH3 is 1. The number of nitrogens with one attached hydrogen (secondary N) is 1. The van der Waals surface area contributed by atoms with E-state index in [2.05, 4.69) is 26.1 Å². The highest BCUT2D eigenvalue weighted by Gasteiger charge is 2.44. The zero-order chi connectivity index (χ0) is 14.6. The van der Waals surface area contributed by atoms with E-state index in [1.54, 1.807) is 0 Å². The van der Waals surface area contributed by atoms with E-state index in [1.165, 1.54) is 51.4 Å². The maximum absolute atomic E-state index is 6.15. The van der Waals surface area contributed by atoms with Crippen molar-refractivity contribution in [2.45, 2.75) is 83.8 Å². The summed E-state index contributed by atoms with van der Waals surface area (Å²) < 4.78 is 6.15. The highest BCUT2D eigenvalue weighted by Crippen LogP contribution is 2.43. The maximum Gasteiger partial charge on any atom is 0.0833 e. The van der Waals surface area contributed by atoms with Crippen molar-refractivity contribution < 1.29 is 4.74 Å². The summed E-state index contributed by atoms with van der Waals surface area (Å²) >= 11 is 0. The Morgan fingerprint density at radius 3 is 2.35 bits per heavy atom. The van der Waals surface area contributed by atoms with E-state index < -0.39 is 0 Å². The number of ether oxygens (including phenoxy) is 1. The fourth-order valence-corrected chi connectivity index (χ4v) is 4.69. The van der Waals surface area contributed by atoms with Crippen molar-refractivity contribution in [2.24, 2.45) is 17.8 Å². The predicted octanol–water partition coefficient (Wildman–Crippen LogP) is 4.39. The second-order valence-electron chi connectivity index (χ2n) is 7.39. The first-order chi connectivity index (χ1) is 9.63. The average Bonchev–Trinajstić information content (AvgIpc) is 2.48. The molecule has 2 fully saturated rings. The van der Waals surface area contributed by atoms with Crippen LogP contribution < -0.4 is 5.32 Å². The maximum atomic E-state index is 6.15. The van der Waals surface area contributed by atoms with Gasteiger partial charge in [0.2, 0.25) is 0 Å². The van der Waals surface area contributed by atoms with Crippen LogP contribution in [0.4, 0.5) is 0 Å². The Kier molecular flexibility index (Phi) is 5.92. The molecule has 0 radical (unpaired) electrons. The zero-order valence-electron chi connectivity index (χ0n) is 14.1. The normalized spacial score (nSPS) is 35.7. The first kappa shape index (κ1) is 16.3. The van der Waals surface area contributed by atoms with E-state index in [-0.39, 0.29) is 5.60 Å². The molecule has 4 atom stereocenters. The van der Waals surface area contributed by atoms with Crippen LogP contribution >= 0.6 is 0 Å². The van der Waals surface area contributed by atoms with Gasteiger partial charge in [0.15, 0.2) is 0 Å². The number of rotatable bonds is 5. The number of hydrogen-bond donors (Lipinski definition) is 1. The summed E-state index contributed by atoms with van der Waals surface area (Å²) in [5.74, 6) is 2.57. The lowest BCUT2D eigenvalue weighted by molar-refractivity contribution is -0.0883. The molecule has 0 bridgehead atoms. The number of likely N-dealkylation sites (N-methyl/N-ethyl adjacent to an activating group) is 1. The fourth-order valence-electron chi connectivity index (χ4n) is 4.69. The van der Waals surface area contributed by atoms with E-state index in [9.17, 15) is 0 Å². The topological polar surface area (TPSA) is 21.3 Å². The van der Waals surface area contributed by atoms with Crippen LogP contribution in [0, 0.1) is 17.8 Å².